The molecule has 0 radical (unpaired) electrons. The third kappa shape index (κ3) is 4.13. The third-order valence-electron chi connectivity index (χ3n) is 6.18. The second-order valence-corrected chi connectivity index (χ2v) is 9.60. The van der Waals surface area contributed by atoms with Crippen LogP contribution in [-0.4, -0.2) is 27.0 Å². The van der Waals surface area contributed by atoms with Crippen LogP contribution in [0, 0.1) is 5.41 Å². The molecule has 0 spiro atoms. The molecule has 1 aliphatic carbocycles. The quantitative estimate of drug-likeness (QED) is 0.766. The van der Waals surface area contributed by atoms with E-state index in [1.165, 1.54) is 5.56 Å². The van der Waals surface area contributed by atoms with Crippen LogP contribution in [0.25, 0.3) is 5.69 Å². The summed E-state index contributed by atoms with van der Waals surface area (Å²) in [6.45, 7) is 5.57. The Balaban J connectivity index is 1.55. The Bertz CT molecular complexity index is 935. The second kappa shape index (κ2) is 7.89. The summed E-state index contributed by atoms with van der Waals surface area (Å²) >= 11 is 0. The topological polar surface area (TPSA) is 73.2 Å². The van der Waals surface area contributed by atoms with E-state index in [1.807, 2.05) is 39.1 Å². The highest BCUT2D eigenvalue weighted by Crippen LogP contribution is 2.43. The SMILES string of the molecule is CC(C)(C)OC(=O)CC1(C(=O)NC2CCc3ccccc3-n3ccnc32)CCCC1. The third-order valence-corrected chi connectivity index (χ3v) is 6.18. The number of nitrogens with one attached hydrogen (secondary N) is 1. The van der Waals surface area contributed by atoms with Crippen molar-refractivity contribution in [3.8, 4) is 5.69 Å². The Morgan fingerprint density at radius 2 is 1.97 bits per heavy atom. The standard InChI is InChI=1S/C24H31N3O3/c1-23(2,3)30-20(28)16-24(12-6-7-13-24)22(29)26-18-11-10-17-8-4-5-9-19(17)27-15-14-25-21(18)27/h4-5,8-9,14-15,18H,6-7,10-13,16H2,1-3H3,(H,26,29). The molecule has 1 aromatic heterocycles. The number of imidazole rings is 1. The van der Waals surface area contributed by atoms with E-state index in [9.17, 15) is 9.59 Å². The highest BCUT2D eigenvalue weighted by Gasteiger charge is 2.45. The number of fused-ring (bicyclic) bond motifs is 3. The van der Waals surface area contributed by atoms with Crippen molar-refractivity contribution in [1.82, 2.24) is 14.9 Å². The van der Waals surface area contributed by atoms with Gasteiger partial charge < -0.3 is 14.6 Å². The molecule has 2 heterocycles. The second-order valence-electron chi connectivity index (χ2n) is 9.60. The number of carbonyl (C=O) groups is 2. The first-order valence-corrected chi connectivity index (χ1v) is 10.9. The van der Waals surface area contributed by atoms with Gasteiger partial charge in [0.2, 0.25) is 5.91 Å². The molecule has 1 unspecified atom stereocenters. The summed E-state index contributed by atoms with van der Waals surface area (Å²) in [4.78, 5) is 30.6. The maximum Gasteiger partial charge on any atom is 0.307 e. The molecule has 30 heavy (non-hydrogen) atoms. The number of para-hydroxylation sites is 1. The van der Waals surface area contributed by atoms with Gasteiger partial charge in [-0.15, -0.1) is 0 Å². The van der Waals surface area contributed by atoms with Crippen LogP contribution in [0.4, 0.5) is 0 Å². The van der Waals surface area contributed by atoms with Crippen LogP contribution in [0.15, 0.2) is 36.7 Å². The van der Waals surface area contributed by atoms with E-state index in [1.54, 1.807) is 6.20 Å². The summed E-state index contributed by atoms with van der Waals surface area (Å²) in [5.74, 6) is 0.504. The predicted octanol–water partition coefficient (Wildman–Crippen LogP) is 4.27. The van der Waals surface area contributed by atoms with E-state index in [-0.39, 0.29) is 24.3 Å². The fraction of sp³-hybridized carbons (Fsp3) is 0.542. The van der Waals surface area contributed by atoms with Crippen molar-refractivity contribution >= 4 is 11.9 Å². The lowest BCUT2D eigenvalue weighted by Crippen LogP contribution is -2.43. The highest BCUT2D eigenvalue weighted by atomic mass is 16.6. The molecule has 1 amide bonds. The summed E-state index contributed by atoms with van der Waals surface area (Å²) in [7, 11) is 0. The number of hydrogen-bond acceptors (Lipinski definition) is 4. The molecule has 0 bridgehead atoms. The Labute approximate surface area is 178 Å². The number of amides is 1. The van der Waals surface area contributed by atoms with Crippen LogP contribution in [0.5, 0.6) is 0 Å². The molecule has 4 rings (SSSR count). The lowest BCUT2D eigenvalue weighted by Gasteiger charge is -2.30. The number of carbonyl (C=O) groups excluding carboxylic acids is 2. The number of esters is 1. The minimum absolute atomic E-state index is 0.0450. The van der Waals surface area contributed by atoms with Crippen molar-refractivity contribution in [3.05, 3.63) is 48.0 Å². The molecule has 160 valence electrons. The van der Waals surface area contributed by atoms with Gasteiger partial charge in [0.15, 0.2) is 0 Å². The fourth-order valence-electron chi connectivity index (χ4n) is 4.80. The first kappa shape index (κ1) is 20.6. The summed E-state index contributed by atoms with van der Waals surface area (Å²) < 4.78 is 7.61. The maximum absolute atomic E-state index is 13.5. The molecule has 6 nitrogen and oxygen atoms in total. The molecule has 6 heteroatoms. The smallest absolute Gasteiger partial charge is 0.307 e. The average Bonchev–Trinajstić information content (AvgIpc) is 3.31. The summed E-state index contributed by atoms with van der Waals surface area (Å²) in [6, 6.07) is 8.10. The van der Waals surface area contributed by atoms with Crippen molar-refractivity contribution < 1.29 is 14.3 Å². The number of aryl methyl sites for hydroxylation is 1. The summed E-state index contributed by atoms with van der Waals surface area (Å²) in [6.07, 6.45) is 8.87. The van der Waals surface area contributed by atoms with Gasteiger partial charge in [0.1, 0.15) is 11.4 Å². The molecule has 1 saturated carbocycles. The number of hydrogen-bond donors (Lipinski definition) is 1. The molecular formula is C24H31N3O3. The molecule has 1 aromatic carbocycles. The highest BCUT2D eigenvalue weighted by molar-refractivity contribution is 5.88. The maximum atomic E-state index is 13.5. The molecule has 1 N–H and O–H groups in total. The molecule has 2 aliphatic rings. The normalized spacial score (nSPS) is 20.0. The van der Waals surface area contributed by atoms with Gasteiger partial charge in [-0.2, -0.15) is 0 Å². The van der Waals surface area contributed by atoms with E-state index in [4.69, 9.17) is 4.74 Å². The summed E-state index contributed by atoms with van der Waals surface area (Å²) in [5.41, 5.74) is 1.13. The molecule has 0 saturated heterocycles. The first-order chi connectivity index (χ1) is 14.3. The number of ether oxygens (including phenoxy) is 1. The van der Waals surface area contributed by atoms with Crippen molar-refractivity contribution in [2.75, 3.05) is 0 Å². The first-order valence-electron chi connectivity index (χ1n) is 10.9. The van der Waals surface area contributed by atoms with Crippen LogP contribution in [0.2, 0.25) is 0 Å². The average molecular weight is 410 g/mol. The number of aromatic nitrogens is 2. The Hall–Kier alpha value is -2.63. The molecular weight excluding hydrogens is 378 g/mol. The van der Waals surface area contributed by atoms with Gasteiger partial charge in [-0.25, -0.2) is 4.98 Å². The predicted molar refractivity (Wildman–Crippen MR) is 114 cm³/mol. The number of nitrogens with zero attached hydrogens (tertiary/aromatic N) is 2. The van der Waals surface area contributed by atoms with E-state index >= 15 is 0 Å². The van der Waals surface area contributed by atoms with Gasteiger partial charge in [-0.1, -0.05) is 31.0 Å². The van der Waals surface area contributed by atoms with Crippen molar-refractivity contribution in [2.24, 2.45) is 5.41 Å². The van der Waals surface area contributed by atoms with Crippen LogP contribution in [0.3, 0.4) is 0 Å². The zero-order valence-electron chi connectivity index (χ0n) is 18.1. The van der Waals surface area contributed by atoms with Gasteiger partial charge >= 0.3 is 5.97 Å². The lowest BCUT2D eigenvalue weighted by molar-refractivity contribution is -0.160. The van der Waals surface area contributed by atoms with Gasteiger partial charge in [0.25, 0.3) is 0 Å². The monoisotopic (exact) mass is 409 g/mol. The number of rotatable bonds is 4. The minimum atomic E-state index is -0.682. The molecule has 2 aromatic rings. The van der Waals surface area contributed by atoms with Crippen LogP contribution in [-0.2, 0) is 20.7 Å². The van der Waals surface area contributed by atoms with Crippen molar-refractivity contribution in [3.63, 3.8) is 0 Å². The van der Waals surface area contributed by atoms with Crippen LogP contribution < -0.4 is 5.32 Å². The molecule has 1 aliphatic heterocycles. The van der Waals surface area contributed by atoms with Gasteiger partial charge in [-0.05, 0) is 58.1 Å². The minimum Gasteiger partial charge on any atom is -0.460 e. The van der Waals surface area contributed by atoms with Crippen molar-refractivity contribution in [1.29, 1.82) is 0 Å². The van der Waals surface area contributed by atoms with Gasteiger partial charge in [0, 0.05) is 18.1 Å². The molecule has 1 fully saturated rings. The van der Waals surface area contributed by atoms with Gasteiger partial charge in [-0.3, -0.25) is 9.59 Å². The lowest BCUT2D eigenvalue weighted by atomic mass is 9.81. The van der Waals surface area contributed by atoms with Crippen LogP contribution in [0.1, 0.15) is 76.7 Å². The van der Waals surface area contributed by atoms with E-state index in [0.29, 0.717) is 0 Å². The van der Waals surface area contributed by atoms with Crippen molar-refractivity contribution in [2.45, 2.75) is 77.4 Å². The molecule has 1 atom stereocenters. The fourth-order valence-corrected chi connectivity index (χ4v) is 4.80. The van der Waals surface area contributed by atoms with Crippen LogP contribution >= 0.6 is 0 Å². The van der Waals surface area contributed by atoms with E-state index in [2.05, 4.69) is 27.0 Å². The van der Waals surface area contributed by atoms with E-state index < -0.39 is 11.0 Å². The zero-order valence-corrected chi connectivity index (χ0v) is 18.1. The van der Waals surface area contributed by atoms with Gasteiger partial charge in [0.05, 0.1) is 17.9 Å². The number of benzene rings is 1. The Morgan fingerprint density at radius 3 is 2.70 bits per heavy atom. The Kier molecular flexibility index (Phi) is 5.43. The van der Waals surface area contributed by atoms with E-state index in [0.717, 1.165) is 50.0 Å². The summed E-state index contributed by atoms with van der Waals surface area (Å²) in [5, 5.41) is 3.26. The largest absolute Gasteiger partial charge is 0.460 e. The Morgan fingerprint density at radius 1 is 1.23 bits per heavy atom. The zero-order chi connectivity index (χ0) is 21.4.